The van der Waals surface area contributed by atoms with Crippen LogP contribution in [0.3, 0.4) is 0 Å². The molecule has 0 spiro atoms. The van der Waals surface area contributed by atoms with Crippen molar-refractivity contribution in [1.82, 2.24) is 5.43 Å². The normalized spacial score (nSPS) is 9.82. The summed E-state index contributed by atoms with van der Waals surface area (Å²) in [4.78, 5) is 11.3. The number of hydrazone groups is 1. The third-order valence-corrected chi connectivity index (χ3v) is 3.08. The molecule has 1 rings (SSSR count). The summed E-state index contributed by atoms with van der Waals surface area (Å²) in [5.41, 5.74) is 4.47. The summed E-state index contributed by atoms with van der Waals surface area (Å²) >= 11 is 7.33. The van der Waals surface area contributed by atoms with E-state index in [0.29, 0.717) is 5.75 Å². The van der Waals surface area contributed by atoms with Crippen molar-refractivity contribution in [3.63, 3.8) is 0 Å². The third-order valence-electron chi connectivity index (χ3n) is 1.82. The molecule has 1 N–H and O–H groups in total. The zero-order valence-electron chi connectivity index (χ0n) is 9.87. The maximum Gasteiger partial charge on any atom is 0.250 e. The van der Waals surface area contributed by atoms with Gasteiger partial charge in [-0.15, -0.1) is 11.8 Å². The SMILES string of the molecule is CC(C)=NNC(=O)CSCc1ccc(Cl)cc1. The Morgan fingerprint density at radius 3 is 2.59 bits per heavy atom. The van der Waals surface area contributed by atoms with Crippen molar-refractivity contribution in [2.24, 2.45) is 5.10 Å². The molecule has 0 aliphatic heterocycles. The molecule has 0 aliphatic carbocycles. The van der Waals surface area contributed by atoms with Crippen molar-refractivity contribution >= 4 is 35.0 Å². The van der Waals surface area contributed by atoms with Crippen LogP contribution in [0.15, 0.2) is 29.4 Å². The van der Waals surface area contributed by atoms with Crippen LogP contribution in [0.1, 0.15) is 19.4 Å². The van der Waals surface area contributed by atoms with Gasteiger partial charge in [-0.3, -0.25) is 4.79 Å². The smallest absolute Gasteiger partial charge is 0.250 e. The Kier molecular flexibility index (Phi) is 6.08. The van der Waals surface area contributed by atoms with Gasteiger partial charge in [0.05, 0.1) is 5.75 Å². The van der Waals surface area contributed by atoms with E-state index in [0.717, 1.165) is 22.1 Å². The highest BCUT2D eigenvalue weighted by molar-refractivity contribution is 7.99. The predicted octanol–water partition coefficient (Wildman–Crippen LogP) is 3.09. The van der Waals surface area contributed by atoms with E-state index in [9.17, 15) is 4.79 Å². The highest BCUT2D eigenvalue weighted by atomic mass is 35.5. The molecule has 0 heterocycles. The van der Waals surface area contributed by atoms with Crippen LogP contribution in [0, 0.1) is 0 Å². The van der Waals surface area contributed by atoms with Crippen molar-refractivity contribution in [2.45, 2.75) is 19.6 Å². The minimum atomic E-state index is -0.0786. The Hall–Kier alpha value is -1.00. The van der Waals surface area contributed by atoms with Gasteiger partial charge in [0, 0.05) is 16.5 Å². The molecule has 0 saturated carbocycles. The van der Waals surface area contributed by atoms with E-state index >= 15 is 0 Å². The van der Waals surface area contributed by atoms with E-state index in [1.807, 2.05) is 38.1 Å². The molecule has 0 aromatic heterocycles. The van der Waals surface area contributed by atoms with Crippen molar-refractivity contribution < 1.29 is 4.79 Å². The largest absolute Gasteiger partial charge is 0.272 e. The first-order valence-electron chi connectivity index (χ1n) is 5.20. The van der Waals surface area contributed by atoms with Gasteiger partial charge in [0.15, 0.2) is 0 Å². The second kappa shape index (κ2) is 7.35. The van der Waals surface area contributed by atoms with E-state index < -0.39 is 0 Å². The molecule has 5 heteroatoms. The lowest BCUT2D eigenvalue weighted by Crippen LogP contribution is -2.20. The number of thioether (sulfide) groups is 1. The van der Waals surface area contributed by atoms with Crippen LogP contribution in [-0.2, 0) is 10.5 Å². The molecule has 92 valence electrons. The zero-order chi connectivity index (χ0) is 12.7. The van der Waals surface area contributed by atoms with E-state index in [1.54, 1.807) is 11.8 Å². The molecule has 1 aromatic carbocycles. The lowest BCUT2D eigenvalue weighted by molar-refractivity contribution is -0.118. The van der Waals surface area contributed by atoms with Crippen LogP contribution in [-0.4, -0.2) is 17.4 Å². The molecule has 1 amide bonds. The Morgan fingerprint density at radius 1 is 1.35 bits per heavy atom. The molecule has 0 saturated heterocycles. The molecule has 0 bridgehead atoms. The molecule has 1 aromatic rings. The monoisotopic (exact) mass is 270 g/mol. The number of amides is 1. The van der Waals surface area contributed by atoms with E-state index in [-0.39, 0.29) is 5.91 Å². The summed E-state index contributed by atoms with van der Waals surface area (Å²) < 4.78 is 0. The predicted molar refractivity (Wildman–Crippen MR) is 74.5 cm³/mol. The summed E-state index contributed by atoms with van der Waals surface area (Å²) in [6.45, 7) is 3.67. The summed E-state index contributed by atoms with van der Waals surface area (Å²) in [6.07, 6.45) is 0. The Morgan fingerprint density at radius 2 is 2.00 bits per heavy atom. The number of hydrogen-bond acceptors (Lipinski definition) is 3. The van der Waals surface area contributed by atoms with Gasteiger partial charge in [0.25, 0.3) is 0 Å². The number of carbonyl (C=O) groups is 1. The minimum absolute atomic E-state index is 0.0786. The quantitative estimate of drug-likeness (QED) is 0.660. The fraction of sp³-hybridized carbons (Fsp3) is 0.333. The maximum atomic E-state index is 11.3. The average Bonchev–Trinajstić information content (AvgIpc) is 2.29. The number of hydrogen-bond donors (Lipinski definition) is 1. The van der Waals surface area contributed by atoms with E-state index in [2.05, 4.69) is 10.5 Å². The van der Waals surface area contributed by atoms with Gasteiger partial charge in [-0.05, 0) is 31.5 Å². The standard InChI is InChI=1S/C12H15ClN2OS/c1-9(2)14-15-12(16)8-17-7-10-3-5-11(13)6-4-10/h3-6H,7-8H2,1-2H3,(H,15,16). The summed E-state index contributed by atoms with van der Waals surface area (Å²) in [5.74, 6) is 1.11. The highest BCUT2D eigenvalue weighted by Gasteiger charge is 2.00. The second-order valence-electron chi connectivity index (χ2n) is 3.71. The van der Waals surface area contributed by atoms with Crippen LogP contribution >= 0.6 is 23.4 Å². The van der Waals surface area contributed by atoms with Crippen LogP contribution in [0.5, 0.6) is 0 Å². The zero-order valence-corrected chi connectivity index (χ0v) is 11.4. The van der Waals surface area contributed by atoms with Crippen molar-refractivity contribution in [3.05, 3.63) is 34.9 Å². The highest BCUT2D eigenvalue weighted by Crippen LogP contribution is 2.15. The Labute approximate surface area is 111 Å². The summed E-state index contributed by atoms with van der Waals surface area (Å²) in [6, 6.07) is 7.62. The topological polar surface area (TPSA) is 41.5 Å². The van der Waals surface area contributed by atoms with Gasteiger partial charge in [-0.1, -0.05) is 23.7 Å². The van der Waals surface area contributed by atoms with Crippen molar-refractivity contribution in [3.8, 4) is 0 Å². The molecular formula is C12H15ClN2OS. The Balaban J connectivity index is 2.26. The third kappa shape index (κ3) is 6.34. The number of nitrogens with zero attached hydrogens (tertiary/aromatic N) is 1. The molecule has 17 heavy (non-hydrogen) atoms. The second-order valence-corrected chi connectivity index (χ2v) is 5.14. The number of benzene rings is 1. The van der Waals surface area contributed by atoms with Gasteiger partial charge in [0.1, 0.15) is 0 Å². The fourth-order valence-corrected chi connectivity index (χ4v) is 1.95. The number of rotatable bonds is 5. The van der Waals surface area contributed by atoms with Crippen molar-refractivity contribution in [2.75, 3.05) is 5.75 Å². The molecule has 0 radical (unpaired) electrons. The first-order valence-corrected chi connectivity index (χ1v) is 6.73. The van der Waals surface area contributed by atoms with Crippen LogP contribution < -0.4 is 5.43 Å². The maximum absolute atomic E-state index is 11.3. The summed E-state index contributed by atoms with van der Waals surface area (Å²) in [5, 5.41) is 4.57. The molecule has 0 unspecified atom stereocenters. The molecule has 0 fully saturated rings. The van der Waals surface area contributed by atoms with E-state index in [1.165, 1.54) is 0 Å². The summed E-state index contributed by atoms with van der Waals surface area (Å²) in [7, 11) is 0. The number of nitrogens with one attached hydrogen (secondary N) is 1. The molecule has 0 aliphatic rings. The number of halogens is 1. The van der Waals surface area contributed by atoms with Crippen LogP contribution in [0.25, 0.3) is 0 Å². The fourth-order valence-electron chi connectivity index (χ4n) is 1.05. The van der Waals surface area contributed by atoms with Gasteiger partial charge >= 0.3 is 0 Å². The molecule has 0 atom stereocenters. The van der Waals surface area contributed by atoms with Crippen molar-refractivity contribution in [1.29, 1.82) is 0 Å². The lowest BCUT2D eigenvalue weighted by Gasteiger charge is -2.02. The molecule has 3 nitrogen and oxygen atoms in total. The van der Waals surface area contributed by atoms with Gasteiger partial charge in [0.2, 0.25) is 5.91 Å². The van der Waals surface area contributed by atoms with Crippen LogP contribution in [0.2, 0.25) is 5.02 Å². The van der Waals surface area contributed by atoms with Gasteiger partial charge in [-0.2, -0.15) is 5.10 Å². The van der Waals surface area contributed by atoms with Crippen LogP contribution in [0.4, 0.5) is 0 Å². The minimum Gasteiger partial charge on any atom is -0.272 e. The van der Waals surface area contributed by atoms with Gasteiger partial charge in [-0.25, -0.2) is 5.43 Å². The first kappa shape index (κ1) is 14.1. The molecular weight excluding hydrogens is 256 g/mol. The Bertz CT molecular complexity index is 399. The van der Waals surface area contributed by atoms with Gasteiger partial charge < -0.3 is 0 Å². The number of carbonyl (C=O) groups excluding carboxylic acids is 1. The first-order chi connectivity index (χ1) is 8.08. The average molecular weight is 271 g/mol. The lowest BCUT2D eigenvalue weighted by atomic mass is 10.2. The van der Waals surface area contributed by atoms with E-state index in [4.69, 9.17) is 11.6 Å².